The molecule has 0 fully saturated rings. The van der Waals surface area contributed by atoms with Crippen LogP contribution in [-0.4, -0.2) is 69.7 Å². The Morgan fingerprint density at radius 3 is 0.737 bits per heavy atom. The summed E-state index contributed by atoms with van der Waals surface area (Å²) >= 11 is 0. The first-order chi connectivity index (χ1) is 7.47. The molecule has 0 aliphatic carbocycles. The molecule has 0 aliphatic heterocycles. The second-order valence-corrected chi connectivity index (χ2v) is 1.11. The Labute approximate surface area is 125 Å². The maximum atomic E-state index is 8.90. The van der Waals surface area contributed by atoms with Crippen LogP contribution in [0.4, 0.5) is 19.2 Å². The molecule has 0 heterocycles. The molecule has 0 bridgehead atoms. The Hall–Kier alpha value is -1.90. The van der Waals surface area contributed by atoms with Gasteiger partial charge in [0.05, 0.1) is 0 Å². The van der Waals surface area contributed by atoms with Crippen LogP contribution in [0.15, 0.2) is 0 Å². The van der Waals surface area contributed by atoms with Gasteiger partial charge in [-0.15, -0.1) is 0 Å². The van der Waals surface area contributed by atoms with Gasteiger partial charge in [-0.05, 0) is 18.5 Å². The molecular weight excluding hydrogens is 310 g/mol. The van der Waals surface area contributed by atoms with E-state index in [0.29, 0.717) is 0 Å². The van der Waals surface area contributed by atoms with Crippen LogP contribution in [0.5, 0.6) is 0 Å². The van der Waals surface area contributed by atoms with Crippen molar-refractivity contribution in [3.8, 4) is 0 Å². The number of rotatable bonds is 0. The summed E-state index contributed by atoms with van der Waals surface area (Å²) in [7, 11) is 0. The van der Waals surface area contributed by atoms with Gasteiger partial charge in [-0.3, -0.25) is 4.89 Å². The fourth-order valence-corrected chi connectivity index (χ4v) is 0. The number of carbonyl (C=O) groups is 4. The molecule has 0 rings (SSSR count). The van der Waals surface area contributed by atoms with E-state index in [1.165, 1.54) is 0 Å². The van der Waals surface area contributed by atoms with Gasteiger partial charge in [-0.1, -0.05) is 0 Å². The second kappa shape index (κ2) is 29.8. The van der Waals surface area contributed by atoms with Crippen LogP contribution in [0.2, 0.25) is 0 Å². The Morgan fingerprint density at radius 2 is 0.737 bits per heavy atom. The van der Waals surface area contributed by atoms with Gasteiger partial charge in [0.1, 0.15) is 0 Å². The van der Waals surface area contributed by atoms with E-state index in [2.05, 4.69) is 4.89 Å². The maximum Gasteiger partial charge on any atom is 3.00 e. The van der Waals surface area contributed by atoms with Crippen molar-refractivity contribution in [2.75, 3.05) is 0 Å². The molecule has 0 atom stereocenters. The minimum Gasteiger partial charge on any atom is -0.652 e. The number of carboxylic acid groups (broad SMARTS) is 7. The van der Waals surface area contributed by atoms with Gasteiger partial charge in [0.2, 0.25) is 0 Å². The van der Waals surface area contributed by atoms with Crippen molar-refractivity contribution in [3.63, 3.8) is 0 Å². The van der Waals surface area contributed by atoms with Crippen LogP contribution in [0, 0.1) is 0 Å². The molecule has 0 aromatic rings. The van der Waals surface area contributed by atoms with E-state index in [0.717, 1.165) is 0 Å². The van der Waals surface area contributed by atoms with E-state index in [4.69, 9.17) is 60.2 Å². The van der Waals surface area contributed by atoms with Crippen molar-refractivity contribution in [1.82, 2.24) is 0 Å². The number of hydrogen-bond acceptors (Lipinski definition) is 12. The smallest absolute Gasteiger partial charge is 0.652 e. The first-order valence-electron chi connectivity index (χ1n) is 2.65. The predicted octanol–water partition coefficient (Wildman–Crippen LogP) is -7.95. The fraction of sp³-hybridized carbons (Fsp3) is 0. The predicted molar refractivity (Wildman–Crippen MR) is 39.4 cm³/mol. The molecule has 15 heteroatoms. The van der Waals surface area contributed by atoms with E-state index in [1.54, 1.807) is 0 Å². The Bertz CT molecular complexity index is 198. The summed E-state index contributed by atoms with van der Waals surface area (Å²) in [6.45, 7) is 0. The molecule has 0 saturated heterocycles. The number of hydrogen-bond donors (Lipinski definition) is 2. The van der Waals surface area contributed by atoms with Gasteiger partial charge in [0.25, 0.3) is 0 Å². The fourth-order valence-electron chi connectivity index (χ4n) is 0. The largest absolute Gasteiger partial charge is 3.00 e. The Morgan fingerprint density at radius 1 is 0.684 bits per heavy atom. The van der Waals surface area contributed by atoms with Crippen LogP contribution in [0.1, 0.15) is 0 Å². The van der Waals surface area contributed by atoms with E-state index in [1.807, 2.05) is 0 Å². The first-order valence-corrected chi connectivity index (χ1v) is 2.65. The molecule has 102 valence electrons. The molecular formula is C4H2Al2O13. The third-order valence-electron chi connectivity index (χ3n) is 0.0781. The summed E-state index contributed by atoms with van der Waals surface area (Å²) in [5.41, 5.74) is 0. The summed E-state index contributed by atoms with van der Waals surface area (Å²) in [6.07, 6.45) is -8.69. The van der Waals surface area contributed by atoms with Gasteiger partial charge in [-0.25, -0.2) is 4.79 Å². The second-order valence-electron chi connectivity index (χ2n) is 1.11. The van der Waals surface area contributed by atoms with Crippen molar-refractivity contribution in [2.45, 2.75) is 0 Å². The minimum absolute atomic E-state index is 0. The molecule has 19 heavy (non-hydrogen) atoms. The molecule has 0 aromatic carbocycles. The SMILES string of the molecule is O=C(O)OO.O=C([O-])[O-].O=C([O-])[O-].O=C([O-])[O-].[Al+3].[Al+3]. The van der Waals surface area contributed by atoms with Gasteiger partial charge in [0, 0.05) is 0 Å². The van der Waals surface area contributed by atoms with E-state index in [-0.39, 0.29) is 34.7 Å². The van der Waals surface area contributed by atoms with Crippen LogP contribution < -0.4 is 30.6 Å². The zero-order valence-corrected chi connectivity index (χ0v) is 10.8. The van der Waals surface area contributed by atoms with Crippen molar-refractivity contribution in [1.29, 1.82) is 0 Å². The topological polar surface area (TPSA) is 256 Å². The normalized spacial score (nSPS) is 5.53. The standard InChI is InChI=1S/CH2O4.3CH2O3.2Al/c2-1(3)5-4;3*2-1(3)4;;/h4H,(H,2,3);3*(H2,2,3,4);;/q;;;;2*+3/p-6. The van der Waals surface area contributed by atoms with Gasteiger partial charge in [0.15, 0.2) is 0 Å². The van der Waals surface area contributed by atoms with E-state index < -0.39 is 24.6 Å². The average molecular weight is 312 g/mol. The van der Waals surface area contributed by atoms with Crippen LogP contribution in [0.3, 0.4) is 0 Å². The molecule has 0 spiro atoms. The third kappa shape index (κ3) is 291000. The molecule has 0 amide bonds. The van der Waals surface area contributed by atoms with Crippen LogP contribution in [0.25, 0.3) is 0 Å². The van der Waals surface area contributed by atoms with Crippen LogP contribution >= 0.6 is 0 Å². The third-order valence-corrected chi connectivity index (χ3v) is 0.0781. The molecule has 13 nitrogen and oxygen atoms in total. The molecule has 0 radical (unpaired) electrons. The van der Waals surface area contributed by atoms with Crippen molar-refractivity contribution in [3.05, 3.63) is 0 Å². The Balaban J connectivity index is -0.0000000288. The van der Waals surface area contributed by atoms with Crippen molar-refractivity contribution >= 4 is 59.3 Å². The summed E-state index contributed by atoms with van der Waals surface area (Å²) in [4.78, 5) is 36.6. The monoisotopic (exact) mass is 312 g/mol. The van der Waals surface area contributed by atoms with Gasteiger partial charge in [-0.2, -0.15) is 5.26 Å². The summed E-state index contributed by atoms with van der Waals surface area (Å²) < 4.78 is 0. The van der Waals surface area contributed by atoms with Crippen molar-refractivity contribution in [2.24, 2.45) is 0 Å². The summed E-state index contributed by atoms with van der Waals surface area (Å²) in [5, 5.41) is 64.3. The molecule has 0 saturated carbocycles. The Kier molecular flexibility index (Phi) is 56.4. The number of carbonyl (C=O) groups excluding carboxylic acids is 3. The van der Waals surface area contributed by atoms with Gasteiger partial charge < -0.3 is 50.1 Å². The first kappa shape index (κ1) is 36.0. The van der Waals surface area contributed by atoms with Crippen molar-refractivity contribution < 1.29 is 65.1 Å². The van der Waals surface area contributed by atoms with E-state index >= 15 is 0 Å². The molecule has 0 aliphatic rings. The molecule has 2 N–H and O–H groups in total. The molecule has 0 aromatic heterocycles. The zero-order chi connectivity index (χ0) is 15.0. The summed E-state index contributed by atoms with van der Waals surface area (Å²) in [5.74, 6) is 0. The van der Waals surface area contributed by atoms with Crippen LogP contribution in [-0.2, 0) is 4.89 Å². The zero-order valence-electron chi connectivity index (χ0n) is 8.54. The average Bonchev–Trinajstić information content (AvgIpc) is 2.00. The maximum absolute atomic E-state index is 8.90. The minimum atomic E-state index is -2.33. The summed E-state index contributed by atoms with van der Waals surface area (Å²) in [6, 6.07) is 0. The van der Waals surface area contributed by atoms with Gasteiger partial charge >= 0.3 is 40.9 Å². The molecule has 0 unspecified atom stereocenters. The quantitative estimate of drug-likeness (QED) is 0.239. The van der Waals surface area contributed by atoms with E-state index in [9.17, 15) is 0 Å².